The van der Waals surface area contributed by atoms with Crippen molar-refractivity contribution in [2.24, 2.45) is 49.3 Å². The van der Waals surface area contributed by atoms with Gasteiger partial charge in [0.05, 0.1) is 22.5 Å². The van der Waals surface area contributed by atoms with Gasteiger partial charge in [0, 0.05) is 18.4 Å². The van der Waals surface area contributed by atoms with E-state index in [2.05, 4.69) is 34.6 Å². The number of allylic oxidation sites excluding steroid dienone is 2. The Labute approximate surface area is 276 Å². The van der Waals surface area contributed by atoms with E-state index in [9.17, 15) is 19.5 Å². The summed E-state index contributed by atoms with van der Waals surface area (Å²) in [5, 5.41) is 10.2. The minimum atomic E-state index is -0.788. The Hall–Kier alpha value is -2.72. The number of carbonyl (C=O) groups is 2. The van der Waals surface area contributed by atoms with Gasteiger partial charge in [0.25, 0.3) is 0 Å². The first-order valence-corrected chi connectivity index (χ1v) is 17.4. The molecule has 1 aromatic heterocycles. The molecule has 10 heteroatoms. The van der Waals surface area contributed by atoms with Crippen molar-refractivity contribution in [3.63, 3.8) is 0 Å². The van der Waals surface area contributed by atoms with E-state index in [0.29, 0.717) is 36.7 Å². The van der Waals surface area contributed by atoms with E-state index in [0.717, 1.165) is 38.5 Å². The highest BCUT2D eigenvalue weighted by Crippen LogP contribution is 2.78. The van der Waals surface area contributed by atoms with Crippen molar-refractivity contribution in [3.8, 4) is 0 Å². The topological polar surface area (TPSA) is 138 Å². The van der Waals surface area contributed by atoms with Crippen LogP contribution >= 0.6 is 0 Å². The fourth-order valence-corrected chi connectivity index (χ4v) is 12.0. The summed E-state index contributed by atoms with van der Waals surface area (Å²) >= 11 is 0. The summed E-state index contributed by atoms with van der Waals surface area (Å²) in [5.41, 5.74) is -1.87. The lowest BCUT2D eigenvalue weighted by Crippen LogP contribution is -2.79. The molecule has 7 rings (SSSR count). The summed E-state index contributed by atoms with van der Waals surface area (Å²) in [6.07, 6.45) is 8.94. The van der Waals surface area contributed by atoms with Crippen LogP contribution in [-0.2, 0) is 30.4 Å². The van der Waals surface area contributed by atoms with Gasteiger partial charge in [-0.3, -0.25) is 9.59 Å². The number of hydrogen-bond acceptors (Lipinski definition) is 9. The summed E-state index contributed by atoms with van der Waals surface area (Å²) in [5.74, 6) is -0.292. The van der Waals surface area contributed by atoms with Crippen molar-refractivity contribution in [3.05, 3.63) is 33.8 Å². The molecule has 1 aliphatic heterocycles. The van der Waals surface area contributed by atoms with Crippen LogP contribution in [0.5, 0.6) is 0 Å². The Morgan fingerprint density at radius 1 is 0.979 bits per heavy atom. The molecule has 0 aromatic carbocycles. The average Bonchev–Trinajstić information content (AvgIpc) is 3.33. The van der Waals surface area contributed by atoms with Crippen LogP contribution in [-0.4, -0.2) is 48.3 Å². The van der Waals surface area contributed by atoms with Crippen LogP contribution in [0, 0.1) is 51.2 Å². The highest BCUT2D eigenvalue weighted by Gasteiger charge is 2.80. The van der Waals surface area contributed by atoms with Crippen LogP contribution < -0.4 is 5.82 Å². The smallest absolute Gasteiger partial charge is 0.481 e. The van der Waals surface area contributed by atoms with Crippen molar-refractivity contribution in [2.45, 2.75) is 125 Å². The van der Waals surface area contributed by atoms with Crippen molar-refractivity contribution >= 4 is 17.7 Å². The second-order valence-electron chi connectivity index (χ2n) is 17.2. The number of aliphatic imine (C=N–C) groups is 1. The molecule has 0 radical (unpaired) electrons. The summed E-state index contributed by atoms with van der Waals surface area (Å²) in [7, 11) is 1.61. The lowest BCUT2D eigenvalue weighted by Gasteiger charge is -2.75. The van der Waals surface area contributed by atoms with E-state index in [4.69, 9.17) is 28.0 Å². The molecule has 1 N–H and O–H groups in total. The molecule has 0 bridgehead atoms. The minimum absolute atomic E-state index is 0.00409. The first kappa shape index (κ1) is 32.8. The number of aryl methyl sites for hydroxylation is 1. The summed E-state index contributed by atoms with van der Waals surface area (Å²) in [4.78, 5) is 44.3. The minimum Gasteiger partial charge on any atom is -0.481 e. The Kier molecular flexibility index (Phi) is 7.09. The lowest BCUT2D eigenvalue weighted by atomic mass is 9.30. The number of fused-ring (bicyclic) bond motifs is 6. The van der Waals surface area contributed by atoms with Crippen molar-refractivity contribution in [2.75, 3.05) is 13.9 Å². The largest absolute Gasteiger partial charge is 0.519 e. The number of rotatable bonds is 6. The van der Waals surface area contributed by atoms with Crippen LogP contribution in [0.4, 0.5) is 0 Å². The molecule has 4 fully saturated rings. The number of carboxylic acid groups (broad SMARTS) is 1. The molecule has 1 aromatic rings. The Balaban J connectivity index is 1.30. The van der Waals surface area contributed by atoms with Crippen molar-refractivity contribution in [1.82, 2.24) is 0 Å². The van der Waals surface area contributed by atoms with Crippen LogP contribution in [0.15, 0.2) is 30.3 Å². The first-order chi connectivity index (χ1) is 21.9. The monoisotopic (exact) mass is 653 g/mol. The molecule has 5 aliphatic carbocycles. The SMILES string of the molecule is COCO[C@H]1CC[C@]2(C)[C@H]3C(=O)C=C4[C@@H]5C[C@@](C)(C(=O)O)CC[C@]5(C)CC[C@@]4(C)[C@]3(C)CC[C@]23N=C(OCc2oc(=O)oc2C)[C@]13C. The Morgan fingerprint density at radius 3 is 2.36 bits per heavy atom. The van der Waals surface area contributed by atoms with E-state index in [1.165, 1.54) is 5.57 Å². The van der Waals surface area contributed by atoms with Gasteiger partial charge in [-0.25, -0.2) is 9.79 Å². The van der Waals surface area contributed by atoms with Gasteiger partial charge in [-0.15, -0.1) is 0 Å². The van der Waals surface area contributed by atoms with Crippen molar-refractivity contribution < 1.29 is 37.7 Å². The normalized spacial score (nSPS) is 46.8. The predicted octanol–water partition coefficient (Wildman–Crippen LogP) is 6.63. The van der Waals surface area contributed by atoms with Gasteiger partial charge in [0.15, 0.2) is 29.8 Å². The van der Waals surface area contributed by atoms with Gasteiger partial charge in [-0.05, 0) is 107 Å². The number of methoxy groups -OCH3 is 1. The number of aliphatic carboxylic acids is 1. The molecule has 10 nitrogen and oxygen atoms in total. The van der Waals surface area contributed by atoms with Gasteiger partial charge in [0.2, 0.25) is 0 Å². The third-order valence-electron chi connectivity index (χ3n) is 15.3. The standard InChI is InChI=1S/C37H51NO9/c1-21-25(47-30(42)46-21)19-44-28-36(7)26(45-20-43-8)9-10-35(6)27-24(39)17-22-23-18-32(3,29(40)41)12-11-31(23,2)13-14-33(22,4)34(27,5)15-16-37(35,36)38-28/h17,23,26-27H,9-16,18-20H2,1-8H3,(H,40,41)/t23-,26-,27-,31+,32-,33+,34+,35+,36-,37-/m0/s1. The van der Waals surface area contributed by atoms with Gasteiger partial charge >= 0.3 is 11.8 Å². The maximum absolute atomic E-state index is 14.9. The van der Waals surface area contributed by atoms with E-state index >= 15 is 0 Å². The molecule has 2 heterocycles. The highest BCUT2D eigenvalue weighted by atomic mass is 16.7. The second-order valence-corrected chi connectivity index (χ2v) is 17.2. The Morgan fingerprint density at radius 2 is 1.70 bits per heavy atom. The number of nitrogens with zero attached hydrogens (tertiary/aromatic N) is 1. The molecule has 258 valence electrons. The maximum atomic E-state index is 14.9. The number of carboxylic acids is 1. The van der Waals surface area contributed by atoms with Crippen molar-refractivity contribution in [1.29, 1.82) is 0 Å². The zero-order valence-corrected chi connectivity index (χ0v) is 29.2. The van der Waals surface area contributed by atoms with Crippen LogP contribution in [0.25, 0.3) is 0 Å². The maximum Gasteiger partial charge on any atom is 0.519 e. The van der Waals surface area contributed by atoms with E-state index in [-0.39, 0.29) is 53.4 Å². The molecule has 47 heavy (non-hydrogen) atoms. The molecule has 10 atom stereocenters. The quantitative estimate of drug-likeness (QED) is 0.336. The molecule has 0 amide bonds. The van der Waals surface area contributed by atoms with Crippen LogP contribution in [0.2, 0.25) is 0 Å². The van der Waals surface area contributed by atoms with Crippen LogP contribution in [0.1, 0.15) is 111 Å². The fraction of sp³-hybridized carbons (Fsp3) is 0.784. The zero-order valence-electron chi connectivity index (χ0n) is 29.2. The second kappa shape index (κ2) is 10.2. The summed E-state index contributed by atoms with van der Waals surface area (Å²) in [6, 6.07) is 0. The predicted molar refractivity (Wildman–Crippen MR) is 172 cm³/mol. The van der Waals surface area contributed by atoms with Gasteiger partial charge in [-0.2, -0.15) is 0 Å². The van der Waals surface area contributed by atoms with Gasteiger partial charge in [0.1, 0.15) is 6.79 Å². The highest BCUT2D eigenvalue weighted by molar-refractivity contribution is 5.98. The average molecular weight is 654 g/mol. The molecular formula is C37H51NO9. The molecular weight excluding hydrogens is 602 g/mol. The van der Waals surface area contributed by atoms with Crippen LogP contribution in [0.3, 0.4) is 0 Å². The number of ketones is 1. The van der Waals surface area contributed by atoms with Gasteiger partial charge < -0.3 is 28.2 Å². The van der Waals surface area contributed by atoms with Gasteiger partial charge in [-0.1, -0.05) is 33.3 Å². The van der Waals surface area contributed by atoms with E-state index in [1.807, 2.05) is 13.0 Å². The Bertz CT molecular complexity index is 1640. The number of carbonyl (C=O) groups excluding carboxylic acids is 1. The number of hydrogen-bond donors (Lipinski definition) is 1. The molecule has 0 saturated heterocycles. The molecule has 1 spiro atoms. The summed E-state index contributed by atoms with van der Waals surface area (Å²) in [6.45, 7) is 15.2. The lowest BCUT2D eigenvalue weighted by molar-refractivity contribution is -0.231. The third kappa shape index (κ3) is 3.97. The summed E-state index contributed by atoms with van der Waals surface area (Å²) < 4.78 is 28.3. The van der Waals surface area contributed by atoms with E-state index < -0.39 is 33.6 Å². The molecule has 6 aliphatic rings. The third-order valence-corrected chi connectivity index (χ3v) is 15.3. The first-order valence-electron chi connectivity index (χ1n) is 17.4. The number of ether oxygens (including phenoxy) is 3. The zero-order chi connectivity index (χ0) is 34.0. The van der Waals surface area contributed by atoms with E-state index in [1.54, 1.807) is 14.0 Å². The molecule has 0 unspecified atom stereocenters. The molecule has 4 saturated carbocycles. The fourth-order valence-electron chi connectivity index (χ4n) is 12.0.